The fourth-order valence-electron chi connectivity index (χ4n) is 4.64. The van der Waals surface area contributed by atoms with Crippen molar-refractivity contribution < 1.29 is 18.6 Å². The van der Waals surface area contributed by atoms with Crippen molar-refractivity contribution in [1.29, 1.82) is 0 Å². The highest BCUT2D eigenvalue weighted by molar-refractivity contribution is 5.29. The molecule has 1 aliphatic heterocycles. The Hall–Kier alpha value is -2.18. The van der Waals surface area contributed by atoms with Crippen molar-refractivity contribution in [3.05, 3.63) is 54.0 Å². The maximum atomic E-state index is 14.5. The second kappa shape index (κ2) is 8.05. The third-order valence-electron chi connectivity index (χ3n) is 6.21. The summed E-state index contributed by atoms with van der Waals surface area (Å²) in [5.41, 5.74) is 0.507. The Kier molecular flexibility index (Phi) is 5.51. The highest BCUT2D eigenvalue weighted by Crippen LogP contribution is 2.43. The third kappa shape index (κ3) is 3.71. The molecule has 1 aromatic carbocycles. The summed E-state index contributed by atoms with van der Waals surface area (Å²) in [7, 11) is 3.34. The number of hydrogen-bond acceptors (Lipinski definition) is 5. The number of rotatable bonds is 6. The molecule has 6 heteroatoms. The molecule has 0 radical (unpaired) electrons. The molecule has 2 aliphatic rings. The molecule has 2 heterocycles. The van der Waals surface area contributed by atoms with E-state index in [1.165, 1.54) is 6.07 Å². The minimum absolute atomic E-state index is 0.0875. The fraction of sp³-hybridized carbons (Fsp3) is 0.500. The molecule has 0 amide bonds. The summed E-state index contributed by atoms with van der Waals surface area (Å²) in [6.07, 6.45) is 5.51. The molecule has 1 aliphatic carbocycles. The van der Waals surface area contributed by atoms with Gasteiger partial charge in [-0.15, -0.1) is 0 Å². The first-order chi connectivity index (χ1) is 13.6. The van der Waals surface area contributed by atoms with Crippen molar-refractivity contribution in [3.8, 4) is 11.6 Å². The molecule has 5 nitrogen and oxygen atoms in total. The second-order valence-corrected chi connectivity index (χ2v) is 7.64. The van der Waals surface area contributed by atoms with E-state index in [-0.39, 0.29) is 23.6 Å². The Morgan fingerprint density at radius 1 is 1.21 bits per heavy atom. The molecular formula is C22H27FN2O3. The highest BCUT2D eigenvalue weighted by atomic mass is 19.1. The van der Waals surface area contributed by atoms with Crippen LogP contribution in [-0.2, 0) is 11.3 Å². The van der Waals surface area contributed by atoms with E-state index in [0.29, 0.717) is 23.7 Å². The topological polar surface area (TPSA) is 43.8 Å². The molecular weight excluding hydrogens is 359 g/mol. The first-order valence-electron chi connectivity index (χ1n) is 9.83. The number of hydrogen-bond donors (Lipinski definition) is 0. The molecule has 2 aromatic rings. The van der Waals surface area contributed by atoms with Crippen LogP contribution in [0.5, 0.6) is 11.6 Å². The van der Waals surface area contributed by atoms with Crippen LogP contribution in [0.3, 0.4) is 0 Å². The van der Waals surface area contributed by atoms with Crippen LogP contribution in [0.2, 0.25) is 0 Å². The zero-order chi connectivity index (χ0) is 19.6. The predicted molar refractivity (Wildman–Crippen MR) is 104 cm³/mol. The van der Waals surface area contributed by atoms with Gasteiger partial charge in [0.15, 0.2) is 0 Å². The molecule has 4 rings (SSSR count). The van der Waals surface area contributed by atoms with E-state index in [2.05, 4.69) is 9.88 Å². The lowest BCUT2D eigenvalue weighted by molar-refractivity contribution is -0.0844. The highest BCUT2D eigenvalue weighted by Gasteiger charge is 2.51. The molecule has 1 aromatic heterocycles. The lowest BCUT2D eigenvalue weighted by Gasteiger charge is -2.43. The standard InChI is InChI=1S/C22H27FN2O3/c1-26-17-7-6-16(19(23)13-17)15-25-12-10-22(27-2)9-8-18(14-20(22)25)28-21-5-3-4-11-24-21/h3-7,11,13,18,20H,8-10,12,14-15H2,1-2H3/t18-,20-,22+/m0/s1. The van der Waals surface area contributed by atoms with Crippen LogP contribution in [0.1, 0.15) is 31.2 Å². The number of ether oxygens (including phenoxy) is 3. The van der Waals surface area contributed by atoms with E-state index >= 15 is 0 Å². The van der Waals surface area contributed by atoms with E-state index in [1.807, 2.05) is 30.3 Å². The minimum Gasteiger partial charge on any atom is -0.497 e. The molecule has 3 atom stereocenters. The zero-order valence-corrected chi connectivity index (χ0v) is 16.4. The Bertz CT molecular complexity index is 804. The van der Waals surface area contributed by atoms with Gasteiger partial charge in [-0.25, -0.2) is 9.37 Å². The first kappa shape index (κ1) is 19.2. The number of fused-ring (bicyclic) bond motifs is 1. The maximum absolute atomic E-state index is 14.5. The number of halogens is 1. The molecule has 0 spiro atoms. The van der Waals surface area contributed by atoms with E-state index in [1.54, 1.807) is 20.4 Å². The average molecular weight is 386 g/mol. The fourth-order valence-corrected chi connectivity index (χ4v) is 4.64. The van der Waals surface area contributed by atoms with Gasteiger partial charge in [0.25, 0.3) is 0 Å². The summed E-state index contributed by atoms with van der Waals surface area (Å²) >= 11 is 0. The lowest BCUT2D eigenvalue weighted by Crippen LogP contribution is -2.52. The Morgan fingerprint density at radius 2 is 2.11 bits per heavy atom. The number of nitrogens with zero attached hydrogens (tertiary/aromatic N) is 2. The number of methoxy groups -OCH3 is 2. The smallest absolute Gasteiger partial charge is 0.213 e. The molecule has 0 bridgehead atoms. The number of pyridine rings is 1. The van der Waals surface area contributed by atoms with E-state index in [0.717, 1.165) is 32.2 Å². The third-order valence-corrected chi connectivity index (χ3v) is 6.21. The SMILES string of the molecule is COc1ccc(CN2CC[C@]3(OC)CC[C@H](Oc4ccccn4)C[C@H]23)c(F)c1. The van der Waals surface area contributed by atoms with Crippen LogP contribution >= 0.6 is 0 Å². The Morgan fingerprint density at radius 3 is 2.82 bits per heavy atom. The van der Waals surface area contributed by atoms with Gasteiger partial charge in [0, 0.05) is 56.6 Å². The van der Waals surface area contributed by atoms with Crippen LogP contribution in [-0.4, -0.2) is 48.4 Å². The molecule has 2 fully saturated rings. The van der Waals surface area contributed by atoms with Crippen LogP contribution < -0.4 is 9.47 Å². The maximum Gasteiger partial charge on any atom is 0.213 e. The van der Waals surface area contributed by atoms with Gasteiger partial charge in [-0.05, 0) is 31.4 Å². The van der Waals surface area contributed by atoms with Gasteiger partial charge in [-0.1, -0.05) is 12.1 Å². The van der Waals surface area contributed by atoms with Gasteiger partial charge in [0.05, 0.1) is 12.7 Å². The van der Waals surface area contributed by atoms with Crippen LogP contribution in [0.4, 0.5) is 4.39 Å². The molecule has 1 saturated heterocycles. The zero-order valence-electron chi connectivity index (χ0n) is 16.4. The molecule has 150 valence electrons. The van der Waals surface area contributed by atoms with Gasteiger partial charge >= 0.3 is 0 Å². The van der Waals surface area contributed by atoms with E-state index < -0.39 is 0 Å². The summed E-state index contributed by atoms with van der Waals surface area (Å²) in [6.45, 7) is 1.45. The lowest BCUT2D eigenvalue weighted by atomic mass is 9.79. The predicted octanol–water partition coefficient (Wildman–Crippen LogP) is 3.82. The molecule has 0 unspecified atom stereocenters. The summed E-state index contributed by atoms with van der Waals surface area (Å²) in [5, 5.41) is 0. The Balaban J connectivity index is 1.49. The van der Waals surface area contributed by atoms with Crippen LogP contribution in [0.25, 0.3) is 0 Å². The van der Waals surface area contributed by atoms with Crippen molar-refractivity contribution in [1.82, 2.24) is 9.88 Å². The van der Waals surface area contributed by atoms with Crippen molar-refractivity contribution in [2.45, 2.75) is 50.0 Å². The van der Waals surface area contributed by atoms with Crippen molar-refractivity contribution in [3.63, 3.8) is 0 Å². The van der Waals surface area contributed by atoms with Gasteiger partial charge in [-0.2, -0.15) is 0 Å². The largest absolute Gasteiger partial charge is 0.497 e. The summed E-state index contributed by atoms with van der Waals surface area (Å²) in [5.74, 6) is 0.963. The van der Waals surface area contributed by atoms with Crippen molar-refractivity contribution >= 4 is 0 Å². The van der Waals surface area contributed by atoms with Gasteiger partial charge < -0.3 is 14.2 Å². The van der Waals surface area contributed by atoms with Crippen LogP contribution in [0.15, 0.2) is 42.6 Å². The minimum atomic E-state index is -0.230. The Labute approximate surface area is 165 Å². The average Bonchev–Trinajstić information content (AvgIpc) is 3.08. The van der Waals surface area contributed by atoms with Gasteiger partial charge in [0.2, 0.25) is 5.88 Å². The first-order valence-corrected chi connectivity index (χ1v) is 9.83. The normalized spacial score (nSPS) is 27.4. The van der Waals surface area contributed by atoms with Crippen molar-refractivity contribution in [2.75, 3.05) is 20.8 Å². The monoisotopic (exact) mass is 386 g/mol. The molecule has 1 saturated carbocycles. The van der Waals surface area contributed by atoms with E-state index in [4.69, 9.17) is 14.2 Å². The number of benzene rings is 1. The quantitative estimate of drug-likeness (QED) is 0.755. The number of aromatic nitrogens is 1. The van der Waals surface area contributed by atoms with Gasteiger partial charge in [0.1, 0.15) is 17.7 Å². The summed E-state index contributed by atoms with van der Waals surface area (Å²) in [4.78, 5) is 6.62. The molecule has 28 heavy (non-hydrogen) atoms. The second-order valence-electron chi connectivity index (χ2n) is 7.64. The summed E-state index contributed by atoms with van der Waals surface area (Å²) in [6, 6.07) is 11.0. The van der Waals surface area contributed by atoms with Crippen molar-refractivity contribution in [2.24, 2.45) is 0 Å². The summed E-state index contributed by atoms with van der Waals surface area (Å²) < 4.78 is 31.7. The number of likely N-dealkylation sites (tertiary alicyclic amines) is 1. The van der Waals surface area contributed by atoms with E-state index in [9.17, 15) is 4.39 Å². The van der Waals surface area contributed by atoms with Gasteiger partial charge in [-0.3, -0.25) is 4.90 Å². The molecule has 0 N–H and O–H groups in total. The van der Waals surface area contributed by atoms with Crippen LogP contribution in [0, 0.1) is 5.82 Å².